The first kappa shape index (κ1) is 14.7. The van der Waals surface area contributed by atoms with E-state index in [4.69, 9.17) is 23.2 Å². The maximum absolute atomic E-state index is 12.2. The summed E-state index contributed by atoms with van der Waals surface area (Å²) in [6.07, 6.45) is 2.09. The van der Waals surface area contributed by atoms with E-state index in [1.807, 2.05) is 4.90 Å². The number of amides is 1. The number of hydrogen-bond acceptors (Lipinski definition) is 2. The number of nitrogens with zero attached hydrogens (tertiary/aromatic N) is 1. The van der Waals surface area contributed by atoms with E-state index in [9.17, 15) is 4.79 Å². The van der Waals surface area contributed by atoms with Crippen molar-refractivity contribution in [3.8, 4) is 0 Å². The molecule has 6 heteroatoms. The maximum atomic E-state index is 12.2. The van der Waals surface area contributed by atoms with Crippen LogP contribution in [0.3, 0.4) is 0 Å². The smallest absolute Gasteiger partial charge is 0.270 e. The van der Waals surface area contributed by atoms with Crippen LogP contribution < -0.4 is 5.32 Å². The highest BCUT2D eigenvalue weighted by Gasteiger charge is 2.24. The van der Waals surface area contributed by atoms with Crippen molar-refractivity contribution in [2.45, 2.75) is 19.8 Å². The molecule has 0 spiro atoms. The largest absolute Gasteiger partial charge is 0.340 e. The molecule has 1 aromatic rings. The molecular weight excluding hydrogens is 285 g/mol. The van der Waals surface area contributed by atoms with Crippen molar-refractivity contribution in [3.63, 3.8) is 0 Å². The number of aromatic nitrogens is 1. The van der Waals surface area contributed by atoms with Gasteiger partial charge in [0.2, 0.25) is 0 Å². The van der Waals surface area contributed by atoms with Crippen molar-refractivity contribution in [3.05, 3.63) is 21.9 Å². The van der Waals surface area contributed by atoms with E-state index in [2.05, 4.69) is 17.2 Å². The highest BCUT2D eigenvalue weighted by atomic mass is 35.5. The Morgan fingerprint density at radius 3 is 2.68 bits per heavy atom. The molecule has 2 N–H and O–H groups in total. The van der Waals surface area contributed by atoms with Gasteiger partial charge in [-0.25, -0.2) is 0 Å². The number of rotatable bonds is 4. The van der Waals surface area contributed by atoms with Gasteiger partial charge in [0.1, 0.15) is 10.8 Å². The van der Waals surface area contributed by atoms with Crippen LogP contribution in [0, 0.1) is 5.92 Å². The lowest BCUT2D eigenvalue weighted by Crippen LogP contribution is -2.40. The van der Waals surface area contributed by atoms with Crippen LogP contribution in [0.15, 0.2) is 6.07 Å². The lowest BCUT2D eigenvalue weighted by atomic mass is 9.96. The predicted molar refractivity (Wildman–Crippen MR) is 78.0 cm³/mol. The van der Waals surface area contributed by atoms with Crippen LogP contribution in [0.2, 0.25) is 10.2 Å². The second-order valence-electron chi connectivity index (χ2n) is 4.89. The highest BCUT2D eigenvalue weighted by Crippen LogP contribution is 2.24. The number of halogens is 2. The topological polar surface area (TPSA) is 48.1 Å². The summed E-state index contributed by atoms with van der Waals surface area (Å²) in [5.74, 6) is 0.649. The molecule has 0 radical (unpaired) electrons. The molecule has 2 rings (SSSR count). The zero-order chi connectivity index (χ0) is 13.8. The summed E-state index contributed by atoms with van der Waals surface area (Å²) in [5, 5.41) is 4.08. The van der Waals surface area contributed by atoms with Crippen molar-refractivity contribution in [2.24, 2.45) is 5.92 Å². The molecule has 4 nitrogen and oxygen atoms in total. The van der Waals surface area contributed by atoms with Gasteiger partial charge >= 0.3 is 0 Å². The van der Waals surface area contributed by atoms with Crippen LogP contribution in [-0.2, 0) is 0 Å². The third-order valence-corrected chi connectivity index (χ3v) is 4.23. The van der Waals surface area contributed by atoms with E-state index >= 15 is 0 Å². The quantitative estimate of drug-likeness (QED) is 0.898. The summed E-state index contributed by atoms with van der Waals surface area (Å²) in [6, 6.07) is 1.59. The van der Waals surface area contributed by atoms with Crippen molar-refractivity contribution >= 4 is 29.1 Å². The third-order valence-electron chi connectivity index (χ3n) is 3.54. The van der Waals surface area contributed by atoms with E-state index in [0.717, 1.165) is 39.0 Å². The van der Waals surface area contributed by atoms with Gasteiger partial charge < -0.3 is 15.2 Å². The number of hydrogen-bond donors (Lipinski definition) is 2. The van der Waals surface area contributed by atoms with Crippen molar-refractivity contribution < 1.29 is 4.79 Å². The minimum absolute atomic E-state index is 0.0179. The Bertz CT molecular complexity index is 420. The van der Waals surface area contributed by atoms with E-state index in [1.165, 1.54) is 0 Å². The third kappa shape index (κ3) is 3.65. The first-order valence-corrected chi connectivity index (χ1v) is 7.41. The van der Waals surface area contributed by atoms with Crippen LogP contribution in [0.4, 0.5) is 0 Å². The van der Waals surface area contributed by atoms with E-state index < -0.39 is 0 Å². The Balaban J connectivity index is 1.89. The number of aromatic amines is 1. The molecule has 1 aliphatic heterocycles. The molecule has 1 amide bonds. The maximum Gasteiger partial charge on any atom is 0.270 e. The van der Waals surface area contributed by atoms with Crippen molar-refractivity contribution in [1.29, 1.82) is 0 Å². The zero-order valence-corrected chi connectivity index (χ0v) is 12.5. The monoisotopic (exact) mass is 303 g/mol. The number of nitrogens with one attached hydrogen (secondary N) is 2. The van der Waals surface area contributed by atoms with Crippen molar-refractivity contribution in [2.75, 3.05) is 26.2 Å². The van der Waals surface area contributed by atoms with Gasteiger partial charge in [-0.1, -0.05) is 30.1 Å². The molecule has 1 aromatic heterocycles. The summed E-state index contributed by atoms with van der Waals surface area (Å²) >= 11 is 11.7. The van der Waals surface area contributed by atoms with E-state index in [-0.39, 0.29) is 5.91 Å². The second-order valence-corrected chi connectivity index (χ2v) is 5.67. The summed E-state index contributed by atoms with van der Waals surface area (Å²) in [4.78, 5) is 16.9. The summed E-state index contributed by atoms with van der Waals surface area (Å²) in [6.45, 7) is 5.74. The molecule has 0 saturated carbocycles. The fraction of sp³-hybridized carbons (Fsp3) is 0.615. The van der Waals surface area contributed by atoms with Gasteiger partial charge in [0, 0.05) is 13.1 Å². The Hall–Kier alpha value is -0.710. The average molecular weight is 304 g/mol. The standard InChI is InChI=1S/C13H19Cl2N3O/c1-2-16-8-9-3-5-18(6-4-9)13(19)11-7-10(14)12(15)17-11/h7,9,16-17H,2-6,8H2,1H3. The molecule has 19 heavy (non-hydrogen) atoms. The minimum atomic E-state index is -0.0179. The van der Waals surface area contributed by atoms with Crippen LogP contribution >= 0.6 is 23.2 Å². The van der Waals surface area contributed by atoms with Gasteiger partial charge in [0.25, 0.3) is 5.91 Å². The van der Waals surface area contributed by atoms with Gasteiger partial charge in [0.05, 0.1) is 5.02 Å². The number of likely N-dealkylation sites (tertiary alicyclic amines) is 1. The van der Waals surface area contributed by atoms with Gasteiger partial charge in [-0.05, 0) is 37.9 Å². The van der Waals surface area contributed by atoms with E-state index in [1.54, 1.807) is 6.07 Å². The van der Waals surface area contributed by atoms with Crippen LogP contribution in [-0.4, -0.2) is 42.0 Å². The van der Waals surface area contributed by atoms with Gasteiger partial charge in [-0.3, -0.25) is 4.79 Å². The Morgan fingerprint density at radius 1 is 1.47 bits per heavy atom. The Kier molecular flexibility index (Phi) is 5.13. The highest BCUT2D eigenvalue weighted by molar-refractivity contribution is 6.41. The second kappa shape index (κ2) is 6.64. The average Bonchev–Trinajstić information content (AvgIpc) is 2.76. The lowest BCUT2D eigenvalue weighted by molar-refractivity contribution is 0.0685. The summed E-state index contributed by atoms with van der Waals surface area (Å²) in [7, 11) is 0. The van der Waals surface area contributed by atoms with Gasteiger partial charge in [-0.15, -0.1) is 0 Å². The Morgan fingerprint density at radius 2 is 2.16 bits per heavy atom. The molecular formula is C13H19Cl2N3O. The molecule has 1 aliphatic rings. The molecule has 0 bridgehead atoms. The lowest BCUT2D eigenvalue weighted by Gasteiger charge is -2.31. The normalized spacial score (nSPS) is 16.9. The first-order valence-electron chi connectivity index (χ1n) is 6.65. The predicted octanol–water partition coefficient (Wildman–Crippen LogP) is 2.78. The molecule has 0 atom stereocenters. The molecule has 2 heterocycles. The zero-order valence-electron chi connectivity index (χ0n) is 11.0. The number of piperidine rings is 1. The molecule has 1 saturated heterocycles. The van der Waals surface area contributed by atoms with Gasteiger partial charge in [-0.2, -0.15) is 0 Å². The number of carbonyl (C=O) groups is 1. The van der Waals surface area contributed by atoms with Crippen LogP contribution in [0.1, 0.15) is 30.3 Å². The fourth-order valence-electron chi connectivity index (χ4n) is 2.38. The first-order chi connectivity index (χ1) is 9.11. The molecule has 0 unspecified atom stereocenters. The van der Waals surface area contributed by atoms with Crippen molar-refractivity contribution in [1.82, 2.24) is 15.2 Å². The molecule has 0 aromatic carbocycles. The summed E-state index contributed by atoms with van der Waals surface area (Å²) in [5.41, 5.74) is 0.472. The fourth-order valence-corrected chi connectivity index (χ4v) is 2.69. The SMILES string of the molecule is CCNCC1CCN(C(=O)c2cc(Cl)c(Cl)[nH]2)CC1. The number of carbonyl (C=O) groups excluding carboxylic acids is 1. The van der Waals surface area contributed by atoms with E-state index in [0.29, 0.717) is 21.8 Å². The molecule has 0 aliphatic carbocycles. The Labute approximate surface area is 123 Å². The van der Waals surface area contributed by atoms with Crippen LogP contribution in [0.5, 0.6) is 0 Å². The molecule has 1 fully saturated rings. The van der Waals surface area contributed by atoms with Crippen LogP contribution in [0.25, 0.3) is 0 Å². The minimum Gasteiger partial charge on any atom is -0.340 e. The van der Waals surface area contributed by atoms with Gasteiger partial charge in [0.15, 0.2) is 0 Å². The number of H-pyrrole nitrogens is 1. The summed E-state index contributed by atoms with van der Waals surface area (Å²) < 4.78 is 0. The molecule has 106 valence electrons.